The molecular formula is C6H15NSn. The summed E-state index contributed by atoms with van der Waals surface area (Å²) in [6, 6.07) is 0. The quantitative estimate of drug-likeness (QED) is 0.506. The van der Waals surface area contributed by atoms with Crippen molar-refractivity contribution in [1.82, 2.24) is 4.90 Å². The maximum absolute atomic E-state index is 2.40. The molecule has 0 aromatic rings. The number of hydrogen-bond acceptors (Lipinski definition) is 1. The fraction of sp³-hybridized carbons (Fsp3) is 1.00. The molecule has 0 amide bonds. The predicted molar refractivity (Wildman–Crippen MR) is 39.6 cm³/mol. The molecule has 48 valence electrons. The minimum atomic E-state index is 0.124. The monoisotopic (exact) mass is 221 g/mol. The zero-order chi connectivity index (χ0) is 6.41. The molecule has 0 aliphatic heterocycles. The second kappa shape index (κ2) is 5.89. The summed E-state index contributed by atoms with van der Waals surface area (Å²) in [6.45, 7) is 1.29. The summed E-state index contributed by atoms with van der Waals surface area (Å²) in [6.07, 6.45) is 1.43. The summed E-state index contributed by atoms with van der Waals surface area (Å²) >= 11 is 0.124. The fourth-order valence-electron chi connectivity index (χ4n) is 0.572. The first-order chi connectivity index (χ1) is 3.77. The van der Waals surface area contributed by atoms with Gasteiger partial charge in [0, 0.05) is 0 Å². The van der Waals surface area contributed by atoms with Crippen LogP contribution in [0.15, 0.2) is 0 Å². The predicted octanol–water partition coefficient (Wildman–Crippen LogP) is 1.11. The Morgan fingerprint density at radius 2 is 2.00 bits per heavy atom. The van der Waals surface area contributed by atoms with Gasteiger partial charge in [-0.3, -0.25) is 0 Å². The Hall–Kier alpha value is 0.759. The number of nitrogens with zero attached hydrogens (tertiary/aromatic N) is 1. The van der Waals surface area contributed by atoms with Crippen LogP contribution in [-0.4, -0.2) is 46.7 Å². The second-order valence-corrected chi connectivity index (χ2v) is 5.71. The summed E-state index contributed by atoms with van der Waals surface area (Å²) in [5.41, 5.74) is 0. The van der Waals surface area contributed by atoms with Crippen molar-refractivity contribution in [3.63, 3.8) is 0 Å². The Morgan fingerprint density at radius 1 is 1.38 bits per heavy atom. The summed E-state index contributed by atoms with van der Waals surface area (Å²) in [4.78, 5) is 4.66. The van der Waals surface area contributed by atoms with Gasteiger partial charge in [-0.25, -0.2) is 0 Å². The van der Waals surface area contributed by atoms with Gasteiger partial charge in [-0.05, 0) is 0 Å². The van der Waals surface area contributed by atoms with Gasteiger partial charge in [0.1, 0.15) is 0 Å². The molecule has 0 spiro atoms. The van der Waals surface area contributed by atoms with Crippen molar-refractivity contribution >= 4 is 21.1 Å². The molecule has 0 N–H and O–H groups in total. The van der Waals surface area contributed by atoms with Crippen molar-refractivity contribution in [2.24, 2.45) is 0 Å². The third-order valence-electron chi connectivity index (χ3n) is 1.03. The van der Waals surface area contributed by atoms with Crippen molar-refractivity contribution < 1.29 is 0 Å². The van der Waals surface area contributed by atoms with E-state index in [2.05, 4.69) is 23.9 Å². The van der Waals surface area contributed by atoms with Crippen molar-refractivity contribution in [3.8, 4) is 0 Å². The standard InChI is InChI=1S/C5H12N.CH3.Sn/c1-4-5-6(2)3;;/h1,4-5H2,2-3H3;1H3;. The first-order valence-electron chi connectivity index (χ1n) is 3.06. The van der Waals surface area contributed by atoms with E-state index in [-0.39, 0.29) is 21.1 Å². The molecule has 0 rings (SSSR count). The maximum atomic E-state index is 2.40. The molecule has 0 aromatic heterocycles. The van der Waals surface area contributed by atoms with E-state index in [1.807, 2.05) is 0 Å². The second-order valence-electron chi connectivity index (χ2n) is 2.26. The van der Waals surface area contributed by atoms with Gasteiger partial charge < -0.3 is 0 Å². The Morgan fingerprint density at radius 3 is 2.38 bits per heavy atom. The van der Waals surface area contributed by atoms with Crippen LogP contribution in [0.3, 0.4) is 0 Å². The van der Waals surface area contributed by atoms with Gasteiger partial charge in [-0.1, -0.05) is 0 Å². The first kappa shape index (κ1) is 8.76. The summed E-state index contributed by atoms with van der Waals surface area (Å²) in [5, 5.41) is 0. The van der Waals surface area contributed by atoms with E-state index in [4.69, 9.17) is 0 Å². The van der Waals surface area contributed by atoms with E-state index in [0.717, 1.165) is 0 Å². The molecule has 0 saturated carbocycles. The molecule has 0 unspecified atom stereocenters. The van der Waals surface area contributed by atoms with E-state index in [1.54, 1.807) is 4.44 Å². The van der Waals surface area contributed by atoms with Crippen molar-refractivity contribution in [3.05, 3.63) is 0 Å². The van der Waals surface area contributed by atoms with Crippen LogP contribution < -0.4 is 0 Å². The zero-order valence-electron chi connectivity index (χ0n) is 6.07. The molecular weight excluding hydrogens is 205 g/mol. The van der Waals surface area contributed by atoms with Crippen LogP contribution in [0, 0.1) is 0 Å². The van der Waals surface area contributed by atoms with E-state index >= 15 is 0 Å². The zero-order valence-corrected chi connectivity index (χ0v) is 8.92. The fourth-order valence-corrected chi connectivity index (χ4v) is 2.03. The third-order valence-corrected chi connectivity index (χ3v) is 3.47. The molecule has 8 heavy (non-hydrogen) atoms. The van der Waals surface area contributed by atoms with Crippen LogP contribution in [0.5, 0.6) is 0 Å². The molecule has 0 aromatic carbocycles. The summed E-state index contributed by atoms with van der Waals surface area (Å²) in [7, 11) is 4.28. The Kier molecular flexibility index (Phi) is 6.45. The molecule has 0 atom stereocenters. The van der Waals surface area contributed by atoms with Crippen LogP contribution in [0.4, 0.5) is 0 Å². The molecule has 1 nitrogen and oxygen atoms in total. The van der Waals surface area contributed by atoms with E-state index in [0.29, 0.717) is 0 Å². The molecule has 0 saturated heterocycles. The van der Waals surface area contributed by atoms with Gasteiger partial charge in [-0.2, -0.15) is 0 Å². The molecule has 0 bridgehead atoms. The van der Waals surface area contributed by atoms with E-state index in [1.165, 1.54) is 13.0 Å². The van der Waals surface area contributed by atoms with E-state index in [9.17, 15) is 0 Å². The van der Waals surface area contributed by atoms with Crippen LogP contribution >= 0.6 is 0 Å². The first-order valence-corrected chi connectivity index (χ1v) is 7.94. The van der Waals surface area contributed by atoms with Crippen LogP contribution in [0.1, 0.15) is 6.42 Å². The summed E-state index contributed by atoms with van der Waals surface area (Å²) in [5.74, 6) is 0. The van der Waals surface area contributed by atoms with Gasteiger partial charge in [0.25, 0.3) is 0 Å². The molecule has 0 aliphatic carbocycles. The van der Waals surface area contributed by atoms with Crippen LogP contribution in [-0.2, 0) is 0 Å². The molecule has 0 fully saturated rings. The number of hydrogen-bond donors (Lipinski definition) is 0. The Bertz CT molecular complexity index is 45.8. The van der Waals surface area contributed by atoms with Crippen LogP contribution in [0.2, 0.25) is 9.38 Å². The average molecular weight is 220 g/mol. The average Bonchev–Trinajstić information content (AvgIpc) is 1.66. The molecule has 0 heterocycles. The van der Waals surface area contributed by atoms with Gasteiger partial charge in [0.2, 0.25) is 0 Å². The van der Waals surface area contributed by atoms with Crippen molar-refractivity contribution in [2.75, 3.05) is 20.6 Å². The molecule has 0 aliphatic rings. The third kappa shape index (κ3) is 6.76. The van der Waals surface area contributed by atoms with Crippen molar-refractivity contribution in [2.45, 2.75) is 15.8 Å². The van der Waals surface area contributed by atoms with Gasteiger partial charge >= 0.3 is 62.5 Å². The Labute approximate surface area is 62.7 Å². The minimum absolute atomic E-state index is 0.124. The van der Waals surface area contributed by atoms with E-state index < -0.39 is 0 Å². The van der Waals surface area contributed by atoms with Crippen LogP contribution in [0.25, 0.3) is 0 Å². The van der Waals surface area contributed by atoms with Crippen molar-refractivity contribution in [1.29, 1.82) is 0 Å². The number of rotatable bonds is 4. The van der Waals surface area contributed by atoms with Gasteiger partial charge in [0.05, 0.1) is 0 Å². The van der Waals surface area contributed by atoms with Gasteiger partial charge in [-0.15, -0.1) is 0 Å². The van der Waals surface area contributed by atoms with Gasteiger partial charge in [0.15, 0.2) is 0 Å². The topological polar surface area (TPSA) is 3.24 Å². The molecule has 2 radical (unpaired) electrons. The normalized spacial score (nSPS) is 10.5. The SMILES string of the molecule is [CH3][Sn][CH2]CCN(C)C. The summed E-state index contributed by atoms with van der Waals surface area (Å²) < 4.78 is 1.54. The Balaban J connectivity index is 2.72. The molecule has 2 heteroatoms.